The van der Waals surface area contributed by atoms with Gasteiger partial charge in [0.2, 0.25) is 5.91 Å². The SMILES string of the molecule is CC1CCCN(C(=O)CSc2nnc(-c3ccncc3)n2-c2ccc(F)cc2)C1. The minimum absolute atomic E-state index is 0.112. The van der Waals surface area contributed by atoms with Crippen LogP contribution in [-0.4, -0.2) is 49.4 Å². The summed E-state index contributed by atoms with van der Waals surface area (Å²) in [6.07, 6.45) is 5.60. The zero-order valence-corrected chi connectivity index (χ0v) is 17.0. The highest BCUT2D eigenvalue weighted by Gasteiger charge is 2.23. The number of hydrogen-bond acceptors (Lipinski definition) is 5. The van der Waals surface area contributed by atoms with E-state index in [1.54, 1.807) is 24.5 Å². The number of aromatic nitrogens is 4. The van der Waals surface area contributed by atoms with Crippen molar-refractivity contribution in [3.63, 3.8) is 0 Å². The first-order valence-electron chi connectivity index (χ1n) is 9.64. The lowest BCUT2D eigenvalue weighted by Gasteiger charge is -2.30. The number of carbonyl (C=O) groups is 1. The summed E-state index contributed by atoms with van der Waals surface area (Å²) in [5, 5.41) is 9.25. The molecule has 1 aromatic carbocycles. The fourth-order valence-electron chi connectivity index (χ4n) is 3.51. The van der Waals surface area contributed by atoms with Crippen LogP contribution < -0.4 is 0 Å². The van der Waals surface area contributed by atoms with E-state index in [1.807, 2.05) is 21.6 Å². The molecule has 6 nitrogen and oxygen atoms in total. The van der Waals surface area contributed by atoms with Crippen LogP contribution in [0.5, 0.6) is 0 Å². The lowest BCUT2D eigenvalue weighted by molar-refractivity contribution is -0.130. The van der Waals surface area contributed by atoms with E-state index >= 15 is 0 Å². The summed E-state index contributed by atoms with van der Waals surface area (Å²) >= 11 is 1.35. The van der Waals surface area contributed by atoms with Gasteiger partial charge in [0, 0.05) is 36.7 Å². The maximum absolute atomic E-state index is 13.4. The number of benzene rings is 1. The Morgan fingerprint density at radius 3 is 2.66 bits per heavy atom. The molecule has 1 aliphatic rings. The fraction of sp³-hybridized carbons (Fsp3) is 0.333. The highest BCUT2D eigenvalue weighted by atomic mass is 32.2. The van der Waals surface area contributed by atoms with Gasteiger partial charge in [-0.3, -0.25) is 14.3 Å². The number of amides is 1. The molecule has 3 aromatic rings. The predicted octanol–water partition coefficient (Wildman–Crippen LogP) is 3.82. The van der Waals surface area contributed by atoms with E-state index in [9.17, 15) is 9.18 Å². The monoisotopic (exact) mass is 411 g/mol. The van der Waals surface area contributed by atoms with Crippen molar-refractivity contribution in [2.24, 2.45) is 5.92 Å². The van der Waals surface area contributed by atoms with Crippen molar-refractivity contribution in [3.05, 3.63) is 54.6 Å². The van der Waals surface area contributed by atoms with Gasteiger partial charge in [-0.05, 0) is 55.2 Å². The number of piperidine rings is 1. The predicted molar refractivity (Wildman–Crippen MR) is 110 cm³/mol. The number of likely N-dealkylation sites (tertiary alicyclic amines) is 1. The van der Waals surface area contributed by atoms with Gasteiger partial charge in [0.25, 0.3) is 0 Å². The Kier molecular flexibility index (Phi) is 5.89. The molecule has 150 valence electrons. The number of thioether (sulfide) groups is 1. The standard InChI is InChI=1S/C21H22FN5OS/c1-15-3-2-12-26(13-15)19(28)14-29-21-25-24-20(16-8-10-23-11-9-16)27(21)18-6-4-17(22)5-7-18/h4-11,15H,2-3,12-14H2,1H3. The lowest BCUT2D eigenvalue weighted by Crippen LogP contribution is -2.40. The maximum atomic E-state index is 13.4. The molecule has 0 spiro atoms. The molecular weight excluding hydrogens is 389 g/mol. The van der Waals surface area contributed by atoms with Crippen LogP contribution in [0.1, 0.15) is 19.8 Å². The summed E-state index contributed by atoms with van der Waals surface area (Å²) in [6.45, 7) is 3.81. The lowest BCUT2D eigenvalue weighted by atomic mass is 10.0. The van der Waals surface area contributed by atoms with Crippen LogP contribution >= 0.6 is 11.8 Å². The zero-order chi connectivity index (χ0) is 20.2. The van der Waals surface area contributed by atoms with Gasteiger partial charge < -0.3 is 4.90 Å². The highest BCUT2D eigenvalue weighted by Crippen LogP contribution is 2.28. The number of halogens is 1. The quantitative estimate of drug-likeness (QED) is 0.597. The van der Waals surface area contributed by atoms with E-state index < -0.39 is 0 Å². The highest BCUT2D eigenvalue weighted by molar-refractivity contribution is 7.99. The Balaban J connectivity index is 1.60. The third kappa shape index (κ3) is 4.48. The zero-order valence-electron chi connectivity index (χ0n) is 16.2. The van der Waals surface area contributed by atoms with Gasteiger partial charge in [0.15, 0.2) is 11.0 Å². The van der Waals surface area contributed by atoms with E-state index in [0.29, 0.717) is 22.7 Å². The van der Waals surface area contributed by atoms with Crippen LogP contribution in [0.15, 0.2) is 53.9 Å². The first-order chi connectivity index (χ1) is 14.1. The summed E-state index contributed by atoms with van der Waals surface area (Å²) in [5.41, 5.74) is 1.59. The van der Waals surface area contributed by atoms with Crippen molar-refractivity contribution in [1.29, 1.82) is 0 Å². The Hall–Kier alpha value is -2.74. The summed E-state index contributed by atoms with van der Waals surface area (Å²) in [5.74, 6) is 1.26. The minimum Gasteiger partial charge on any atom is -0.342 e. The molecule has 0 N–H and O–H groups in total. The number of nitrogens with zero attached hydrogens (tertiary/aromatic N) is 5. The topological polar surface area (TPSA) is 63.9 Å². The third-order valence-electron chi connectivity index (χ3n) is 4.99. The summed E-state index contributed by atoms with van der Waals surface area (Å²) < 4.78 is 15.3. The first-order valence-corrected chi connectivity index (χ1v) is 10.6. The summed E-state index contributed by atoms with van der Waals surface area (Å²) in [7, 11) is 0. The molecule has 1 amide bonds. The van der Waals surface area contributed by atoms with Crippen molar-refractivity contribution in [3.8, 4) is 17.1 Å². The Bertz CT molecular complexity index is 976. The van der Waals surface area contributed by atoms with Crippen molar-refractivity contribution in [1.82, 2.24) is 24.6 Å². The van der Waals surface area contributed by atoms with Gasteiger partial charge in [-0.1, -0.05) is 18.7 Å². The van der Waals surface area contributed by atoms with Crippen LogP contribution in [-0.2, 0) is 4.79 Å². The van der Waals surface area contributed by atoms with Gasteiger partial charge in [0.1, 0.15) is 5.82 Å². The van der Waals surface area contributed by atoms with Crippen LogP contribution in [0, 0.1) is 11.7 Å². The van der Waals surface area contributed by atoms with Crippen molar-refractivity contribution in [2.75, 3.05) is 18.8 Å². The molecule has 3 heterocycles. The average Bonchev–Trinajstić information content (AvgIpc) is 3.17. The summed E-state index contributed by atoms with van der Waals surface area (Å²) in [4.78, 5) is 18.7. The Morgan fingerprint density at radius 1 is 1.17 bits per heavy atom. The van der Waals surface area contributed by atoms with E-state index in [1.165, 1.54) is 30.3 Å². The van der Waals surface area contributed by atoms with E-state index in [0.717, 1.165) is 30.8 Å². The normalized spacial score (nSPS) is 16.8. The summed E-state index contributed by atoms with van der Waals surface area (Å²) in [6, 6.07) is 9.86. The fourth-order valence-corrected chi connectivity index (χ4v) is 4.36. The molecule has 1 aliphatic heterocycles. The molecule has 0 saturated carbocycles. The average molecular weight is 412 g/mol. The molecular formula is C21H22FN5OS. The molecule has 1 fully saturated rings. The third-order valence-corrected chi connectivity index (χ3v) is 5.90. The molecule has 2 aromatic heterocycles. The largest absolute Gasteiger partial charge is 0.342 e. The molecule has 0 radical (unpaired) electrons. The second-order valence-electron chi connectivity index (χ2n) is 7.23. The van der Waals surface area contributed by atoms with Crippen LogP contribution in [0.3, 0.4) is 0 Å². The van der Waals surface area contributed by atoms with Crippen molar-refractivity contribution < 1.29 is 9.18 Å². The number of hydrogen-bond donors (Lipinski definition) is 0. The van der Waals surface area contributed by atoms with Crippen molar-refractivity contribution >= 4 is 17.7 Å². The van der Waals surface area contributed by atoms with Gasteiger partial charge in [-0.25, -0.2) is 4.39 Å². The van der Waals surface area contributed by atoms with E-state index in [-0.39, 0.29) is 11.7 Å². The second kappa shape index (κ2) is 8.73. The maximum Gasteiger partial charge on any atom is 0.233 e. The van der Waals surface area contributed by atoms with Gasteiger partial charge in [-0.15, -0.1) is 10.2 Å². The van der Waals surface area contributed by atoms with Crippen LogP contribution in [0.4, 0.5) is 4.39 Å². The number of carbonyl (C=O) groups excluding carboxylic acids is 1. The van der Waals surface area contributed by atoms with Crippen molar-refractivity contribution in [2.45, 2.75) is 24.9 Å². The molecule has 29 heavy (non-hydrogen) atoms. The number of rotatable bonds is 5. The van der Waals surface area contributed by atoms with Crippen LogP contribution in [0.25, 0.3) is 17.1 Å². The van der Waals surface area contributed by atoms with Gasteiger partial charge >= 0.3 is 0 Å². The molecule has 0 aliphatic carbocycles. The molecule has 1 unspecified atom stereocenters. The van der Waals surface area contributed by atoms with Gasteiger partial charge in [0.05, 0.1) is 5.75 Å². The number of pyridine rings is 1. The minimum atomic E-state index is -0.309. The second-order valence-corrected chi connectivity index (χ2v) is 8.17. The molecule has 1 saturated heterocycles. The van der Waals surface area contributed by atoms with Crippen LogP contribution in [0.2, 0.25) is 0 Å². The smallest absolute Gasteiger partial charge is 0.233 e. The molecule has 1 atom stereocenters. The Morgan fingerprint density at radius 2 is 1.93 bits per heavy atom. The van der Waals surface area contributed by atoms with Gasteiger partial charge in [-0.2, -0.15) is 0 Å². The van der Waals surface area contributed by atoms with E-state index in [2.05, 4.69) is 22.1 Å². The molecule has 0 bridgehead atoms. The van der Waals surface area contributed by atoms with E-state index in [4.69, 9.17) is 0 Å². The molecule has 8 heteroatoms. The molecule has 4 rings (SSSR count). The Labute approximate surface area is 173 Å². The first kappa shape index (κ1) is 19.6.